The number of benzene rings is 1. The standard InChI is InChI=1S/C18H23N3O4S/c1-4-12(3)19-17(24)13-6-8-14(9-7-13)20-18(26)21-15(22)10-11-16(23)25-5-2/h6-12H,4-5H2,1-3H3,(H,19,24)(H2,20,21,22,26)/b11-10+. The van der Waals surface area contributed by atoms with Gasteiger partial charge in [-0.15, -0.1) is 0 Å². The van der Waals surface area contributed by atoms with Crippen LogP contribution in [0.2, 0.25) is 0 Å². The summed E-state index contributed by atoms with van der Waals surface area (Å²) < 4.78 is 4.67. The van der Waals surface area contributed by atoms with E-state index in [0.717, 1.165) is 18.6 Å². The van der Waals surface area contributed by atoms with E-state index in [4.69, 9.17) is 12.2 Å². The van der Waals surface area contributed by atoms with Gasteiger partial charge in [0, 0.05) is 29.4 Å². The topological polar surface area (TPSA) is 96.5 Å². The van der Waals surface area contributed by atoms with Crippen LogP contribution in [0.25, 0.3) is 0 Å². The van der Waals surface area contributed by atoms with Crippen molar-refractivity contribution in [2.45, 2.75) is 33.2 Å². The van der Waals surface area contributed by atoms with Gasteiger partial charge in [0.1, 0.15) is 0 Å². The molecule has 1 aromatic rings. The highest BCUT2D eigenvalue weighted by atomic mass is 32.1. The molecule has 0 aromatic heterocycles. The average Bonchev–Trinajstić information content (AvgIpc) is 2.60. The third kappa shape index (κ3) is 7.89. The molecule has 0 saturated carbocycles. The van der Waals surface area contributed by atoms with Crippen molar-refractivity contribution in [2.24, 2.45) is 0 Å². The Hall–Kier alpha value is -2.74. The number of hydrogen-bond acceptors (Lipinski definition) is 5. The van der Waals surface area contributed by atoms with Crippen LogP contribution in [0.5, 0.6) is 0 Å². The quantitative estimate of drug-likeness (QED) is 0.383. The van der Waals surface area contributed by atoms with Crippen LogP contribution in [0.4, 0.5) is 5.69 Å². The van der Waals surface area contributed by atoms with Crippen LogP contribution in [0.3, 0.4) is 0 Å². The second kappa shape index (κ2) is 11.0. The van der Waals surface area contributed by atoms with Crippen molar-refractivity contribution in [1.82, 2.24) is 10.6 Å². The SMILES string of the molecule is CCOC(=O)/C=C/C(=O)NC(=S)Nc1ccc(C(=O)NC(C)CC)cc1. The van der Waals surface area contributed by atoms with Gasteiger partial charge in [0.15, 0.2) is 5.11 Å². The van der Waals surface area contributed by atoms with Crippen molar-refractivity contribution in [1.29, 1.82) is 0 Å². The van der Waals surface area contributed by atoms with E-state index >= 15 is 0 Å². The van der Waals surface area contributed by atoms with Gasteiger partial charge in [0.05, 0.1) is 6.61 Å². The highest BCUT2D eigenvalue weighted by Crippen LogP contribution is 2.10. The molecule has 0 radical (unpaired) electrons. The molecule has 0 spiro atoms. The Bertz CT molecular complexity index is 686. The lowest BCUT2D eigenvalue weighted by molar-refractivity contribution is -0.137. The van der Waals surface area contributed by atoms with Gasteiger partial charge in [-0.1, -0.05) is 6.92 Å². The van der Waals surface area contributed by atoms with Crippen LogP contribution in [-0.2, 0) is 14.3 Å². The summed E-state index contributed by atoms with van der Waals surface area (Å²) in [4.78, 5) is 34.8. The number of esters is 1. The van der Waals surface area contributed by atoms with Gasteiger partial charge in [-0.2, -0.15) is 0 Å². The van der Waals surface area contributed by atoms with Crippen LogP contribution in [0.1, 0.15) is 37.6 Å². The first-order valence-electron chi connectivity index (χ1n) is 8.23. The van der Waals surface area contributed by atoms with Crippen molar-refractivity contribution in [3.8, 4) is 0 Å². The maximum Gasteiger partial charge on any atom is 0.330 e. The number of amides is 2. The molecule has 8 heteroatoms. The molecule has 140 valence electrons. The van der Waals surface area contributed by atoms with E-state index < -0.39 is 11.9 Å². The third-order valence-electron chi connectivity index (χ3n) is 3.29. The number of anilines is 1. The second-order valence-electron chi connectivity index (χ2n) is 5.39. The molecule has 0 fully saturated rings. The summed E-state index contributed by atoms with van der Waals surface area (Å²) in [5, 5.41) is 8.17. The Morgan fingerprint density at radius 1 is 1.15 bits per heavy atom. The van der Waals surface area contributed by atoms with E-state index in [9.17, 15) is 14.4 Å². The van der Waals surface area contributed by atoms with Crippen LogP contribution < -0.4 is 16.0 Å². The molecule has 0 aliphatic rings. The summed E-state index contributed by atoms with van der Waals surface area (Å²) in [7, 11) is 0. The number of nitrogens with one attached hydrogen (secondary N) is 3. The van der Waals surface area contributed by atoms with Crippen LogP contribution >= 0.6 is 12.2 Å². The normalized spacial score (nSPS) is 11.5. The summed E-state index contributed by atoms with van der Waals surface area (Å²) in [5.74, 6) is -1.31. The zero-order chi connectivity index (χ0) is 19.5. The zero-order valence-corrected chi connectivity index (χ0v) is 15.8. The Labute approximate surface area is 158 Å². The molecular weight excluding hydrogens is 354 g/mol. The molecule has 0 bridgehead atoms. The summed E-state index contributed by atoms with van der Waals surface area (Å²) in [6, 6.07) is 6.78. The van der Waals surface area contributed by atoms with E-state index in [2.05, 4.69) is 20.7 Å². The Kier molecular flexibility index (Phi) is 9.00. The molecule has 1 rings (SSSR count). The summed E-state index contributed by atoms with van der Waals surface area (Å²) in [6.07, 6.45) is 2.91. The fourth-order valence-electron chi connectivity index (χ4n) is 1.76. The van der Waals surface area contributed by atoms with Gasteiger partial charge in [-0.05, 0) is 56.8 Å². The molecule has 7 nitrogen and oxygen atoms in total. The Morgan fingerprint density at radius 2 is 1.81 bits per heavy atom. The van der Waals surface area contributed by atoms with E-state index in [0.29, 0.717) is 11.3 Å². The lowest BCUT2D eigenvalue weighted by atomic mass is 10.1. The lowest BCUT2D eigenvalue weighted by Gasteiger charge is -2.12. The van der Waals surface area contributed by atoms with Crippen LogP contribution in [0.15, 0.2) is 36.4 Å². The number of carbonyl (C=O) groups excluding carboxylic acids is 3. The first kappa shape index (κ1) is 21.3. The van der Waals surface area contributed by atoms with E-state index in [1.54, 1.807) is 31.2 Å². The van der Waals surface area contributed by atoms with Gasteiger partial charge in [0.25, 0.3) is 5.91 Å². The van der Waals surface area contributed by atoms with Gasteiger partial charge >= 0.3 is 5.97 Å². The molecule has 3 N–H and O–H groups in total. The van der Waals surface area contributed by atoms with E-state index in [-0.39, 0.29) is 23.7 Å². The molecule has 2 amide bonds. The maximum absolute atomic E-state index is 12.0. The fraction of sp³-hybridized carbons (Fsp3) is 0.333. The minimum absolute atomic E-state index is 0.0697. The number of carbonyl (C=O) groups is 3. The molecule has 26 heavy (non-hydrogen) atoms. The van der Waals surface area contributed by atoms with Crippen molar-refractivity contribution in [2.75, 3.05) is 11.9 Å². The minimum Gasteiger partial charge on any atom is -0.463 e. The number of thiocarbonyl (C=S) groups is 1. The van der Waals surface area contributed by atoms with Gasteiger partial charge in [0.2, 0.25) is 5.91 Å². The summed E-state index contributed by atoms with van der Waals surface area (Å²) >= 11 is 5.03. The van der Waals surface area contributed by atoms with Gasteiger partial charge < -0.3 is 15.4 Å². The minimum atomic E-state index is -0.604. The monoisotopic (exact) mass is 377 g/mol. The smallest absolute Gasteiger partial charge is 0.330 e. The number of rotatable bonds is 7. The fourth-order valence-corrected chi connectivity index (χ4v) is 1.98. The summed E-state index contributed by atoms with van der Waals surface area (Å²) in [5.41, 5.74) is 1.15. The number of ether oxygens (including phenoxy) is 1. The molecule has 1 atom stereocenters. The van der Waals surface area contributed by atoms with Crippen molar-refractivity contribution < 1.29 is 19.1 Å². The average molecular weight is 377 g/mol. The first-order valence-corrected chi connectivity index (χ1v) is 8.64. The molecule has 0 aliphatic heterocycles. The lowest BCUT2D eigenvalue weighted by Crippen LogP contribution is -2.33. The molecule has 1 unspecified atom stereocenters. The Morgan fingerprint density at radius 3 is 2.38 bits per heavy atom. The predicted molar refractivity (Wildman–Crippen MR) is 104 cm³/mol. The predicted octanol–water partition coefficient (Wildman–Crippen LogP) is 2.15. The van der Waals surface area contributed by atoms with Crippen LogP contribution in [0, 0.1) is 0 Å². The van der Waals surface area contributed by atoms with Crippen molar-refractivity contribution >= 4 is 40.8 Å². The third-order valence-corrected chi connectivity index (χ3v) is 3.49. The molecule has 0 saturated heterocycles. The van der Waals surface area contributed by atoms with Crippen molar-refractivity contribution in [3.63, 3.8) is 0 Å². The highest BCUT2D eigenvalue weighted by molar-refractivity contribution is 7.80. The maximum atomic E-state index is 12.0. The molecular formula is C18H23N3O4S. The summed E-state index contributed by atoms with van der Waals surface area (Å²) in [6.45, 7) is 5.83. The second-order valence-corrected chi connectivity index (χ2v) is 5.80. The Balaban J connectivity index is 2.53. The first-order chi connectivity index (χ1) is 12.3. The van der Waals surface area contributed by atoms with Crippen LogP contribution in [-0.4, -0.2) is 35.5 Å². The molecule has 0 heterocycles. The van der Waals surface area contributed by atoms with E-state index in [1.807, 2.05) is 13.8 Å². The zero-order valence-electron chi connectivity index (χ0n) is 15.0. The van der Waals surface area contributed by atoms with E-state index in [1.165, 1.54) is 0 Å². The highest BCUT2D eigenvalue weighted by Gasteiger charge is 2.09. The van der Waals surface area contributed by atoms with Gasteiger partial charge in [-0.25, -0.2) is 4.79 Å². The molecule has 0 aliphatic carbocycles. The number of hydrogen-bond donors (Lipinski definition) is 3. The molecule has 1 aromatic carbocycles. The van der Waals surface area contributed by atoms with Crippen molar-refractivity contribution in [3.05, 3.63) is 42.0 Å². The largest absolute Gasteiger partial charge is 0.463 e. The van der Waals surface area contributed by atoms with Gasteiger partial charge in [-0.3, -0.25) is 14.9 Å².